The fraction of sp³-hybridized carbons (Fsp3) is 0.583. The molecule has 1 heterocycles. The summed E-state index contributed by atoms with van der Waals surface area (Å²) in [6.07, 6.45) is 4.62. The fourth-order valence-corrected chi connectivity index (χ4v) is 1.34. The molecule has 0 atom stereocenters. The highest BCUT2D eigenvalue weighted by Crippen LogP contribution is 2.07. The number of carbonyl (C=O) groups excluding carboxylic acids is 1. The molecule has 0 amide bonds. The van der Waals surface area contributed by atoms with Crippen molar-refractivity contribution in [2.45, 2.75) is 40.0 Å². The third kappa shape index (κ3) is 3.29. The number of hydrogen-bond donors (Lipinski definition) is 0. The molecule has 16 heavy (non-hydrogen) atoms. The van der Waals surface area contributed by atoms with Crippen molar-refractivity contribution in [2.75, 3.05) is 6.61 Å². The Labute approximate surface area is 96.1 Å². The maximum Gasteiger partial charge on any atom is 0.357 e. The predicted molar refractivity (Wildman–Crippen MR) is 61.3 cm³/mol. The molecular weight excluding hydrogens is 204 g/mol. The summed E-state index contributed by atoms with van der Waals surface area (Å²) in [6.45, 7) is 6.08. The van der Waals surface area contributed by atoms with E-state index >= 15 is 0 Å². The van der Waals surface area contributed by atoms with Crippen LogP contribution in [0.2, 0.25) is 0 Å². The highest BCUT2D eigenvalue weighted by Gasteiger charge is 2.13. The van der Waals surface area contributed by atoms with Gasteiger partial charge in [-0.15, -0.1) is 0 Å². The van der Waals surface area contributed by atoms with Crippen molar-refractivity contribution in [3.05, 3.63) is 23.3 Å². The summed E-state index contributed by atoms with van der Waals surface area (Å²) in [7, 11) is 0. The second kappa shape index (κ2) is 6.20. The molecule has 4 nitrogen and oxygen atoms in total. The lowest BCUT2D eigenvalue weighted by Crippen LogP contribution is -2.12. The van der Waals surface area contributed by atoms with Gasteiger partial charge in [-0.25, -0.2) is 14.8 Å². The molecule has 1 aromatic heterocycles. The van der Waals surface area contributed by atoms with Crippen molar-refractivity contribution >= 4 is 5.97 Å². The summed E-state index contributed by atoms with van der Waals surface area (Å²) in [5.74, 6) is 0.357. The molecule has 0 radical (unpaired) electrons. The second-order valence-corrected chi connectivity index (χ2v) is 3.64. The van der Waals surface area contributed by atoms with Crippen LogP contribution in [0.5, 0.6) is 0 Å². The van der Waals surface area contributed by atoms with Gasteiger partial charge in [-0.05, 0) is 20.3 Å². The fourth-order valence-electron chi connectivity index (χ4n) is 1.34. The summed E-state index contributed by atoms with van der Waals surface area (Å²) in [5, 5.41) is 0. The molecule has 0 aliphatic heterocycles. The number of hydrogen-bond acceptors (Lipinski definition) is 4. The van der Waals surface area contributed by atoms with E-state index in [1.165, 1.54) is 0 Å². The van der Waals surface area contributed by atoms with E-state index in [2.05, 4.69) is 16.9 Å². The van der Waals surface area contributed by atoms with E-state index in [1.54, 1.807) is 13.1 Å². The Morgan fingerprint density at radius 2 is 2.19 bits per heavy atom. The van der Waals surface area contributed by atoms with Crippen molar-refractivity contribution in [1.82, 2.24) is 9.97 Å². The largest absolute Gasteiger partial charge is 0.461 e. The topological polar surface area (TPSA) is 52.1 Å². The first kappa shape index (κ1) is 12.6. The van der Waals surface area contributed by atoms with Crippen molar-refractivity contribution < 1.29 is 9.53 Å². The summed E-state index contributed by atoms with van der Waals surface area (Å²) >= 11 is 0. The molecule has 4 heteroatoms. The first-order valence-electron chi connectivity index (χ1n) is 5.68. The van der Waals surface area contributed by atoms with Gasteiger partial charge in [0, 0.05) is 18.2 Å². The van der Waals surface area contributed by atoms with Gasteiger partial charge in [0.1, 0.15) is 5.82 Å². The van der Waals surface area contributed by atoms with Crippen molar-refractivity contribution in [2.24, 2.45) is 0 Å². The summed E-state index contributed by atoms with van der Waals surface area (Å²) < 4.78 is 4.94. The molecule has 88 valence electrons. The minimum absolute atomic E-state index is 0.361. The van der Waals surface area contributed by atoms with E-state index in [4.69, 9.17) is 4.74 Å². The Morgan fingerprint density at radius 3 is 2.81 bits per heavy atom. The standard InChI is InChI=1S/C12H18N2O2/c1-4-6-7-10-13-8-9(3)11(14-10)12(15)16-5-2/h8H,4-7H2,1-3H3. The van der Waals surface area contributed by atoms with Crippen LogP contribution >= 0.6 is 0 Å². The molecule has 0 aliphatic rings. The zero-order chi connectivity index (χ0) is 12.0. The van der Waals surface area contributed by atoms with E-state index in [-0.39, 0.29) is 5.97 Å². The van der Waals surface area contributed by atoms with Crippen molar-refractivity contribution in [3.63, 3.8) is 0 Å². The zero-order valence-electron chi connectivity index (χ0n) is 10.1. The average Bonchev–Trinajstić information content (AvgIpc) is 2.28. The number of aromatic nitrogens is 2. The smallest absolute Gasteiger partial charge is 0.357 e. The summed E-state index contributed by atoms with van der Waals surface area (Å²) in [4.78, 5) is 20.0. The van der Waals surface area contributed by atoms with Crippen LogP contribution in [0.1, 0.15) is 48.6 Å². The second-order valence-electron chi connectivity index (χ2n) is 3.64. The normalized spacial score (nSPS) is 10.2. The maximum atomic E-state index is 11.6. The Hall–Kier alpha value is -1.45. The van der Waals surface area contributed by atoms with Gasteiger partial charge in [0.05, 0.1) is 6.61 Å². The molecule has 1 rings (SSSR count). The van der Waals surface area contributed by atoms with Crippen LogP contribution in [-0.2, 0) is 11.2 Å². The number of unbranched alkanes of at least 4 members (excludes halogenated alkanes) is 1. The van der Waals surface area contributed by atoms with Gasteiger partial charge in [0.15, 0.2) is 5.69 Å². The van der Waals surface area contributed by atoms with E-state index in [1.807, 2.05) is 6.92 Å². The monoisotopic (exact) mass is 222 g/mol. The number of carbonyl (C=O) groups is 1. The molecular formula is C12H18N2O2. The number of aryl methyl sites for hydroxylation is 2. The Kier molecular flexibility index (Phi) is 4.89. The third-order valence-electron chi connectivity index (χ3n) is 2.24. The Morgan fingerprint density at radius 1 is 1.44 bits per heavy atom. The zero-order valence-corrected chi connectivity index (χ0v) is 10.1. The average molecular weight is 222 g/mol. The van der Waals surface area contributed by atoms with Gasteiger partial charge < -0.3 is 4.74 Å². The minimum Gasteiger partial charge on any atom is -0.461 e. The van der Waals surface area contributed by atoms with E-state index in [0.29, 0.717) is 12.3 Å². The lowest BCUT2D eigenvalue weighted by molar-refractivity contribution is 0.0518. The van der Waals surface area contributed by atoms with Gasteiger partial charge in [-0.2, -0.15) is 0 Å². The summed E-state index contributed by atoms with van der Waals surface area (Å²) in [6, 6.07) is 0. The number of esters is 1. The maximum absolute atomic E-state index is 11.6. The molecule has 0 fully saturated rings. The molecule has 0 bridgehead atoms. The van der Waals surface area contributed by atoms with Crippen molar-refractivity contribution in [1.29, 1.82) is 0 Å². The molecule has 0 aliphatic carbocycles. The van der Waals surface area contributed by atoms with Gasteiger partial charge in [0.25, 0.3) is 0 Å². The van der Waals surface area contributed by atoms with Gasteiger partial charge in [-0.3, -0.25) is 0 Å². The number of nitrogens with zero attached hydrogens (tertiary/aromatic N) is 2. The quantitative estimate of drug-likeness (QED) is 0.717. The number of ether oxygens (including phenoxy) is 1. The molecule has 0 aromatic carbocycles. The molecule has 1 aromatic rings. The van der Waals surface area contributed by atoms with Crippen molar-refractivity contribution in [3.8, 4) is 0 Å². The van der Waals surface area contributed by atoms with Crippen LogP contribution in [0.4, 0.5) is 0 Å². The minimum atomic E-state index is -0.361. The van der Waals surface area contributed by atoms with Crippen LogP contribution in [-0.4, -0.2) is 22.5 Å². The van der Waals surface area contributed by atoms with Crippen LogP contribution in [0.25, 0.3) is 0 Å². The molecule has 0 unspecified atom stereocenters. The predicted octanol–water partition coefficient (Wildman–Crippen LogP) is 2.30. The van der Waals surface area contributed by atoms with Gasteiger partial charge in [0.2, 0.25) is 0 Å². The third-order valence-corrected chi connectivity index (χ3v) is 2.24. The van der Waals surface area contributed by atoms with E-state index in [9.17, 15) is 4.79 Å². The number of rotatable bonds is 5. The van der Waals surface area contributed by atoms with Crippen LogP contribution in [0, 0.1) is 6.92 Å². The van der Waals surface area contributed by atoms with Gasteiger partial charge in [-0.1, -0.05) is 13.3 Å². The van der Waals surface area contributed by atoms with E-state index in [0.717, 1.165) is 30.7 Å². The van der Waals surface area contributed by atoms with Crippen LogP contribution in [0.3, 0.4) is 0 Å². The van der Waals surface area contributed by atoms with Crippen LogP contribution < -0.4 is 0 Å². The highest BCUT2D eigenvalue weighted by molar-refractivity contribution is 5.88. The molecule has 0 N–H and O–H groups in total. The lowest BCUT2D eigenvalue weighted by Gasteiger charge is -2.06. The van der Waals surface area contributed by atoms with Gasteiger partial charge >= 0.3 is 5.97 Å². The SMILES string of the molecule is CCCCc1ncc(C)c(C(=O)OCC)n1. The lowest BCUT2D eigenvalue weighted by atomic mass is 10.2. The van der Waals surface area contributed by atoms with Crippen LogP contribution in [0.15, 0.2) is 6.20 Å². The summed E-state index contributed by atoms with van der Waals surface area (Å²) in [5.41, 5.74) is 1.15. The Balaban J connectivity index is 2.85. The molecule has 0 saturated carbocycles. The molecule has 0 spiro atoms. The first-order chi connectivity index (χ1) is 7.69. The first-order valence-corrected chi connectivity index (χ1v) is 5.68. The molecule has 0 saturated heterocycles. The highest BCUT2D eigenvalue weighted by atomic mass is 16.5. The van der Waals surface area contributed by atoms with E-state index < -0.39 is 0 Å². The Bertz CT molecular complexity index is 364.